The molecule has 1 aromatic rings. The maximum Gasteiger partial charge on any atom is 0.150 e. The van der Waals surface area contributed by atoms with Crippen molar-refractivity contribution in [3.63, 3.8) is 0 Å². The summed E-state index contributed by atoms with van der Waals surface area (Å²) in [6, 6.07) is 2.00. The summed E-state index contributed by atoms with van der Waals surface area (Å²) >= 11 is 3.05. The van der Waals surface area contributed by atoms with Gasteiger partial charge in [0, 0.05) is 23.7 Å². The summed E-state index contributed by atoms with van der Waals surface area (Å²) in [7, 11) is 0. The Morgan fingerprint density at radius 2 is 2.07 bits per heavy atom. The van der Waals surface area contributed by atoms with Gasteiger partial charge in [0.25, 0.3) is 0 Å². The summed E-state index contributed by atoms with van der Waals surface area (Å²) in [6.07, 6.45) is 0.517. The van der Waals surface area contributed by atoms with Crippen LogP contribution in [-0.2, 0) is 0 Å². The first-order chi connectivity index (χ1) is 6.65. The van der Waals surface area contributed by atoms with E-state index in [2.05, 4.69) is 21.2 Å². The molecule has 0 atom stereocenters. The fourth-order valence-corrected chi connectivity index (χ4v) is 1.55. The lowest BCUT2D eigenvalue weighted by atomic mass is 10.3. The van der Waals surface area contributed by atoms with Crippen LogP contribution in [0.25, 0.3) is 0 Å². The van der Waals surface area contributed by atoms with E-state index in [-0.39, 0.29) is 12.3 Å². The number of hydrogen-bond acceptors (Lipinski definition) is 2. The van der Waals surface area contributed by atoms with Crippen LogP contribution >= 0.6 is 15.9 Å². The number of rotatable bonds is 4. The van der Waals surface area contributed by atoms with Gasteiger partial charge in [-0.25, -0.2) is 8.78 Å². The van der Waals surface area contributed by atoms with Crippen LogP contribution in [0.15, 0.2) is 16.6 Å². The van der Waals surface area contributed by atoms with Gasteiger partial charge in [-0.05, 0) is 28.4 Å². The molecule has 0 aliphatic carbocycles. The molecule has 0 aliphatic heterocycles. The Morgan fingerprint density at radius 3 is 2.64 bits per heavy atom. The highest BCUT2D eigenvalue weighted by atomic mass is 79.9. The Balaban J connectivity index is 2.75. The van der Waals surface area contributed by atoms with Gasteiger partial charge in [0.05, 0.1) is 5.69 Å². The van der Waals surface area contributed by atoms with Crippen LogP contribution < -0.4 is 5.32 Å². The Kier molecular flexibility index (Phi) is 4.28. The quantitative estimate of drug-likeness (QED) is 0.821. The first-order valence-electron chi connectivity index (χ1n) is 4.14. The molecular formula is C9H10BrF2NO. The zero-order valence-corrected chi connectivity index (χ0v) is 8.94. The second kappa shape index (κ2) is 5.26. The second-order valence-electron chi connectivity index (χ2n) is 2.75. The van der Waals surface area contributed by atoms with E-state index in [0.29, 0.717) is 17.4 Å². The highest BCUT2D eigenvalue weighted by Gasteiger charge is 2.08. The van der Waals surface area contributed by atoms with Crippen LogP contribution in [0.5, 0.6) is 0 Å². The van der Waals surface area contributed by atoms with E-state index in [1.54, 1.807) is 0 Å². The van der Waals surface area contributed by atoms with Crippen molar-refractivity contribution in [1.29, 1.82) is 0 Å². The average Bonchev–Trinajstić information content (AvgIpc) is 2.09. The molecule has 78 valence electrons. The first kappa shape index (κ1) is 11.4. The fourth-order valence-electron chi connectivity index (χ4n) is 1.00. The van der Waals surface area contributed by atoms with Gasteiger partial charge < -0.3 is 10.4 Å². The maximum atomic E-state index is 13.1. The van der Waals surface area contributed by atoms with Gasteiger partial charge in [-0.2, -0.15) is 0 Å². The van der Waals surface area contributed by atoms with Gasteiger partial charge in [-0.3, -0.25) is 0 Å². The molecule has 2 N–H and O–H groups in total. The highest BCUT2D eigenvalue weighted by molar-refractivity contribution is 9.10. The summed E-state index contributed by atoms with van der Waals surface area (Å²) in [6.45, 7) is 0.477. The molecule has 2 nitrogen and oxygen atoms in total. The van der Waals surface area contributed by atoms with E-state index in [4.69, 9.17) is 5.11 Å². The molecule has 0 bridgehead atoms. The molecule has 0 spiro atoms. The Morgan fingerprint density at radius 1 is 1.36 bits per heavy atom. The number of benzene rings is 1. The van der Waals surface area contributed by atoms with Crippen LogP contribution in [0, 0.1) is 11.6 Å². The van der Waals surface area contributed by atoms with Gasteiger partial charge in [-0.15, -0.1) is 0 Å². The Hall–Kier alpha value is -0.680. The predicted octanol–water partition coefficient (Wildman–Crippen LogP) is 2.52. The van der Waals surface area contributed by atoms with E-state index >= 15 is 0 Å². The van der Waals surface area contributed by atoms with Crippen molar-refractivity contribution in [2.75, 3.05) is 18.5 Å². The molecule has 0 aromatic heterocycles. The van der Waals surface area contributed by atoms with Gasteiger partial charge in [0.15, 0.2) is 0 Å². The predicted molar refractivity (Wildman–Crippen MR) is 54.3 cm³/mol. The molecule has 0 saturated heterocycles. The summed E-state index contributed by atoms with van der Waals surface area (Å²) in [5, 5.41) is 11.3. The summed E-state index contributed by atoms with van der Waals surface area (Å²) in [5.41, 5.74) is 0.222. The minimum atomic E-state index is -0.644. The van der Waals surface area contributed by atoms with Gasteiger partial charge >= 0.3 is 0 Å². The number of anilines is 1. The molecule has 5 heteroatoms. The number of nitrogens with one attached hydrogen (secondary N) is 1. The van der Waals surface area contributed by atoms with Crippen LogP contribution in [0.2, 0.25) is 0 Å². The molecule has 0 amide bonds. The van der Waals surface area contributed by atoms with Crippen LogP contribution in [0.4, 0.5) is 14.5 Å². The molecule has 14 heavy (non-hydrogen) atoms. The zero-order valence-electron chi connectivity index (χ0n) is 7.36. The van der Waals surface area contributed by atoms with Crippen LogP contribution in [0.1, 0.15) is 6.42 Å². The molecule has 0 radical (unpaired) electrons. The molecule has 1 rings (SSSR count). The van der Waals surface area contributed by atoms with Crippen molar-refractivity contribution in [2.45, 2.75) is 6.42 Å². The van der Waals surface area contributed by atoms with Gasteiger partial charge in [0.2, 0.25) is 0 Å². The molecule has 0 unspecified atom stereocenters. The minimum absolute atomic E-state index is 0.0352. The maximum absolute atomic E-state index is 13.1. The molecule has 0 aliphatic rings. The fraction of sp³-hybridized carbons (Fsp3) is 0.333. The average molecular weight is 266 g/mol. The topological polar surface area (TPSA) is 32.3 Å². The number of hydrogen-bond donors (Lipinski definition) is 2. The number of aliphatic hydroxyl groups excluding tert-OH is 1. The van der Waals surface area contributed by atoms with Crippen LogP contribution in [-0.4, -0.2) is 18.3 Å². The lowest BCUT2D eigenvalue weighted by molar-refractivity contribution is 0.292. The molecule has 0 saturated carbocycles. The smallest absolute Gasteiger partial charge is 0.150 e. The lowest BCUT2D eigenvalue weighted by Crippen LogP contribution is -2.06. The van der Waals surface area contributed by atoms with Crippen molar-refractivity contribution in [3.05, 3.63) is 28.2 Å². The SMILES string of the molecule is OCCCNc1c(F)cc(F)cc1Br. The summed E-state index contributed by atoms with van der Waals surface area (Å²) in [4.78, 5) is 0. The molecule has 0 fully saturated rings. The third-order valence-electron chi connectivity index (χ3n) is 1.64. The largest absolute Gasteiger partial charge is 0.396 e. The monoisotopic (exact) mass is 265 g/mol. The zero-order chi connectivity index (χ0) is 10.6. The van der Waals surface area contributed by atoms with Crippen molar-refractivity contribution in [3.8, 4) is 0 Å². The first-order valence-corrected chi connectivity index (χ1v) is 4.93. The Bertz CT molecular complexity index is 297. The summed E-state index contributed by atoms with van der Waals surface area (Å²) in [5.74, 6) is -1.27. The normalized spacial score (nSPS) is 10.3. The van der Waals surface area contributed by atoms with Crippen molar-refractivity contribution in [1.82, 2.24) is 0 Å². The number of aliphatic hydroxyl groups is 1. The standard InChI is InChI=1S/C9H10BrF2NO/c10-7-4-6(11)5-8(12)9(7)13-2-1-3-14/h4-5,13-14H,1-3H2. The van der Waals surface area contributed by atoms with Crippen molar-refractivity contribution in [2.24, 2.45) is 0 Å². The highest BCUT2D eigenvalue weighted by Crippen LogP contribution is 2.26. The van der Waals surface area contributed by atoms with Crippen molar-refractivity contribution >= 4 is 21.6 Å². The summed E-state index contributed by atoms with van der Waals surface area (Å²) < 4.78 is 26.1. The third kappa shape index (κ3) is 2.92. The van der Waals surface area contributed by atoms with E-state index in [1.807, 2.05) is 0 Å². The van der Waals surface area contributed by atoms with Crippen LogP contribution in [0.3, 0.4) is 0 Å². The van der Waals surface area contributed by atoms with E-state index < -0.39 is 11.6 Å². The van der Waals surface area contributed by atoms with E-state index in [9.17, 15) is 8.78 Å². The van der Waals surface area contributed by atoms with Gasteiger partial charge in [-0.1, -0.05) is 0 Å². The van der Waals surface area contributed by atoms with Crippen molar-refractivity contribution < 1.29 is 13.9 Å². The van der Waals surface area contributed by atoms with E-state index in [1.165, 1.54) is 6.07 Å². The third-order valence-corrected chi connectivity index (χ3v) is 2.27. The lowest BCUT2D eigenvalue weighted by Gasteiger charge is -2.08. The Labute approximate surface area is 89.1 Å². The second-order valence-corrected chi connectivity index (χ2v) is 3.60. The number of halogens is 3. The minimum Gasteiger partial charge on any atom is -0.396 e. The van der Waals surface area contributed by atoms with Gasteiger partial charge in [0.1, 0.15) is 11.6 Å². The molecule has 1 aromatic carbocycles. The van der Waals surface area contributed by atoms with E-state index in [0.717, 1.165) is 6.07 Å². The molecule has 0 heterocycles. The molecular weight excluding hydrogens is 256 g/mol.